The van der Waals surface area contributed by atoms with Gasteiger partial charge in [-0.2, -0.15) is 0 Å². The summed E-state index contributed by atoms with van der Waals surface area (Å²) in [5.41, 5.74) is 1.38. The van der Waals surface area contributed by atoms with E-state index in [4.69, 9.17) is 4.74 Å². The van der Waals surface area contributed by atoms with Crippen LogP contribution in [0.1, 0.15) is 31.9 Å². The van der Waals surface area contributed by atoms with Crippen LogP contribution in [0.3, 0.4) is 0 Å². The van der Waals surface area contributed by atoms with Crippen LogP contribution >= 0.6 is 0 Å². The lowest BCUT2D eigenvalue weighted by Crippen LogP contribution is -2.28. The molecule has 2 rings (SSSR count). The Morgan fingerprint density at radius 2 is 2.21 bits per heavy atom. The first kappa shape index (κ1) is 14.4. The normalized spacial score (nSPS) is 23.7. The number of nitrogens with one attached hydrogen (secondary N) is 1. The molecule has 0 aromatic heterocycles. The molecule has 0 spiro atoms. The molecule has 0 saturated carbocycles. The summed E-state index contributed by atoms with van der Waals surface area (Å²) < 4.78 is 5.62. The fourth-order valence-electron chi connectivity index (χ4n) is 3.05. The van der Waals surface area contributed by atoms with Crippen molar-refractivity contribution in [3.05, 3.63) is 29.8 Å². The topological polar surface area (TPSA) is 24.5 Å². The monoisotopic (exact) mass is 262 g/mol. The standard InChI is InChI=1S/C16H26N2O/c1-4-17-12-14-9-10-18(3)16(14)13-7-6-8-15(11-13)19-5-2/h6-8,11,14,16-17H,4-5,9-10,12H2,1-3H3. The van der Waals surface area contributed by atoms with Crippen molar-refractivity contribution < 1.29 is 4.74 Å². The van der Waals surface area contributed by atoms with Crippen LogP contribution in [0.5, 0.6) is 5.75 Å². The maximum absolute atomic E-state index is 5.62. The maximum atomic E-state index is 5.62. The van der Waals surface area contributed by atoms with Gasteiger partial charge in [0.15, 0.2) is 0 Å². The Hall–Kier alpha value is -1.06. The molecule has 3 nitrogen and oxygen atoms in total. The highest BCUT2D eigenvalue weighted by Gasteiger charge is 2.32. The Kier molecular flexibility index (Phi) is 5.23. The van der Waals surface area contributed by atoms with Gasteiger partial charge in [-0.3, -0.25) is 4.90 Å². The first-order chi connectivity index (χ1) is 9.26. The molecule has 1 N–H and O–H groups in total. The molecule has 2 unspecified atom stereocenters. The molecule has 1 aliphatic heterocycles. The van der Waals surface area contributed by atoms with Gasteiger partial charge < -0.3 is 10.1 Å². The first-order valence-electron chi connectivity index (χ1n) is 7.40. The summed E-state index contributed by atoms with van der Waals surface area (Å²) in [5.74, 6) is 1.68. The second kappa shape index (κ2) is 6.92. The summed E-state index contributed by atoms with van der Waals surface area (Å²) in [5, 5.41) is 3.49. The van der Waals surface area contributed by atoms with Crippen molar-refractivity contribution in [2.45, 2.75) is 26.3 Å². The Morgan fingerprint density at radius 1 is 1.37 bits per heavy atom. The molecule has 19 heavy (non-hydrogen) atoms. The Bertz CT molecular complexity index is 394. The zero-order valence-corrected chi connectivity index (χ0v) is 12.4. The van der Waals surface area contributed by atoms with E-state index < -0.39 is 0 Å². The van der Waals surface area contributed by atoms with Gasteiger partial charge in [-0.15, -0.1) is 0 Å². The van der Waals surface area contributed by atoms with Gasteiger partial charge in [0.1, 0.15) is 5.75 Å². The van der Waals surface area contributed by atoms with Crippen LogP contribution in [0.2, 0.25) is 0 Å². The van der Waals surface area contributed by atoms with E-state index in [-0.39, 0.29) is 0 Å². The predicted octanol–water partition coefficient (Wildman–Crippen LogP) is 2.69. The molecule has 0 aliphatic carbocycles. The molecular formula is C16H26N2O. The quantitative estimate of drug-likeness (QED) is 0.853. The Labute approximate surface area is 116 Å². The van der Waals surface area contributed by atoms with Crippen LogP contribution in [0, 0.1) is 5.92 Å². The number of rotatable bonds is 6. The van der Waals surface area contributed by atoms with Gasteiger partial charge in [-0.25, -0.2) is 0 Å². The van der Waals surface area contributed by atoms with Crippen molar-refractivity contribution in [3.63, 3.8) is 0 Å². The van der Waals surface area contributed by atoms with Gasteiger partial charge >= 0.3 is 0 Å². The van der Waals surface area contributed by atoms with Gasteiger partial charge in [-0.05, 0) is 63.6 Å². The van der Waals surface area contributed by atoms with Crippen molar-refractivity contribution in [1.29, 1.82) is 0 Å². The lowest BCUT2D eigenvalue weighted by Gasteiger charge is -2.26. The number of likely N-dealkylation sites (tertiary alicyclic amines) is 1. The molecule has 1 fully saturated rings. The number of benzene rings is 1. The molecule has 1 aromatic rings. The van der Waals surface area contributed by atoms with Crippen molar-refractivity contribution in [3.8, 4) is 5.75 Å². The summed E-state index contributed by atoms with van der Waals surface area (Å²) in [4.78, 5) is 2.47. The minimum Gasteiger partial charge on any atom is -0.494 e. The van der Waals surface area contributed by atoms with Crippen LogP contribution < -0.4 is 10.1 Å². The Balaban J connectivity index is 2.14. The minimum atomic E-state index is 0.513. The van der Waals surface area contributed by atoms with E-state index in [2.05, 4.69) is 42.4 Å². The minimum absolute atomic E-state index is 0.513. The Morgan fingerprint density at radius 3 is 2.95 bits per heavy atom. The lowest BCUT2D eigenvalue weighted by atomic mass is 9.93. The predicted molar refractivity (Wildman–Crippen MR) is 79.6 cm³/mol. The maximum Gasteiger partial charge on any atom is 0.119 e. The molecule has 1 aliphatic rings. The summed E-state index contributed by atoms with van der Waals surface area (Å²) in [7, 11) is 2.23. The summed E-state index contributed by atoms with van der Waals surface area (Å²) in [6.07, 6.45) is 1.27. The average molecular weight is 262 g/mol. The number of hydrogen-bond donors (Lipinski definition) is 1. The summed E-state index contributed by atoms with van der Waals surface area (Å²) >= 11 is 0. The fraction of sp³-hybridized carbons (Fsp3) is 0.625. The summed E-state index contributed by atoms with van der Waals surface area (Å²) in [6, 6.07) is 9.10. The van der Waals surface area contributed by atoms with Crippen LogP contribution in [0.4, 0.5) is 0 Å². The largest absolute Gasteiger partial charge is 0.494 e. The zero-order chi connectivity index (χ0) is 13.7. The van der Waals surface area contributed by atoms with Crippen molar-refractivity contribution in [1.82, 2.24) is 10.2 Å². The molecule has 2 atom stereocenters. The van der Waals surface area contributed by atoms with Crippen molar-refractivity contribution in [2.24, 2.45) is 5.92 Å². The van der Waals surface area contributed by atoms with E-state index in [0.29, 0.717) is 12.0 Å². The highest BCUT2D eigenvalue weighted by molar-refractivity contribution is 5.31. The van der Waals surface area contributed by atoms with Crippen LogP contribution in [0.25, 0.3) is 0 Å². The van der Waals surface area contributed by atoms with E-state index in [1.165, 1.54) is 18.5 Å². The van der Waals surface area contributed by atoms with Crippen molar-refractivity contribution >= 4 is 0 Å². The van der Waals surface area contributed by atoms with E-state index in [0.717, 1.165) is 25.4 Å². The molecule has 106 valence electrons. The third kappa shape index (κ3) is 3.48. The molecular weight excluding hydrogens is 236 g/mol. The molecule has 1 aromatic carbocycles. The highest BCUT2D eigenvalue weighted by atomic mass is 16.5. The fourth-order valence-corrected chi connectivity index (χ4v) is 3.05. The van der Waals surface area contributed by atoms with Crippen molar-refractivity contribution in [2.75, 3.05) is 33.3 Å². The third-order valence-corrected chi connectivity index (χ3v) is 3.94. The van der Waals surface area contributed by atoms with E-state index >= 15 is 0 Å². The van der Waals surface area contributed by atoms with Crippen LogP contribution in [-0.2, 0) is 0 Å². The van der Waals surface area contributed by atoms with Gasteiger partial charge in [0.25, 0.3) is 0 Å². The molecule has 1 heterocycles. The van der Waals surface area contributed by atoms with E-state index in [1.807, 2.05) is 13.0 Å². The van der Waals surface area contributed by atoms with Gasteiger partial charge in [-0.1, -0.05) is 19.1 Å². The molecule has 3 heteroatoms. The average Bonchev–Trinajstić information content (AvgIpc) is 2.78. The SMILES string of the molecule is CCNCC1CCN(C)C1c1cccc(OCC)c1. The molecule has 1 saturated heterocycles. The highest BCUT2D eigenvalue weighted by Crippen LogP contribution is 2.36. The van der Waals surface area contributed by atoms with E-state index in [9.17, 15) is 0 Å². The second-order valence-corrected chi connectivity index (χ2v) is 5.29. The second-order valence-electron chi connectivity index (χ2n) is 5.29. The lowest BCUT2D eigenvalue weighted by molar-refractivity contribution is 0.271. The van der Waals surface area contributed by atoms with Crippen LogP contribution in [-0.4, -0.2) is 38.2 Å². The molecule has 0 radical (unpaired) electrons. The van der Waals surface area contributed by atoms with Gasteiger partial charge in [0.05, 0.1) is 6.61 Å². The number of hydrogen-bond acceptors (Lipinski definition) is 3. The van der Waals surface area contributed by atoms with Gasteiger partial charge in [0, 0.05) is 6.04 Å². The number of nitrogens with zero attached hydrogens (tertiary/aromatic N) is 1. The summed E-state index contributed by atoms with van der Waals surface area (Å²) in [6.45, 7) is 8.26. The smallest absolute Gasteiger partial charge is 0.119 e. The number of ether oxygens (including phenoxy) is 1. The third-order valence-electron chi connectivity index (χ3n) is 3.94. The van der Waals surface area contributed by atoms with Gasteiger partial charge in [0.2, 0.25) is 0 Å². The zero-order valence-electron chi connectivity index (χ0n) is 12.4. The van der Waals surface area contributed by atoms with E-state index in [1.54, 1.807) is 0 Å². The van der Waals surface area contributed by atoms with Crippen LogP contribution in [0.15, 0.2) is 24.3 Å². The first-order valence-corrected chi connectivity index (χ1v) is 7.40. The molecule has 0 bridgehead atoms. The molecule has 0 amide bonds.